The molecule has 21 heavy (non-hydrogen) atoms. The molecule has 0 aliphatic carbocycles. The van der Waals surface area contributed by atoms with Gasteiger partial charge in [-0.15, -0.1) is 0 Å². The number of imide groups is 2. The van der Waals surface area contributed by atoms with Crippen LogP contribution in [0.1, 0.15) is 5.56 Å². The highest BCUT2D eigenvalue weighted by molar-refractivity contribution is 6.28. The highest BCUT2D eigenvalue weighted by Gasteiger charge is 2.37. The molecule has 0 bridgehead atoms. The minimum absolute atomic E-state index is 0.146. The van der Waals surface area contributed by atoms with Crippen molar-refractivity contribution >= 4 is 23.9 Å². The van der Waals surface area contributed by atoms with Crippen molar-refractivity contribution in [3.63, 3.8) is 0 Å². The fraction of sp³-hybridized carbons (Fsp3) is 0.133. The van der Waals surface area contributed by atoms with Gasteiger partial charge in [-0.1, -0.05) is 30.4 Å². The fourth-order valence-corrected chi connectivity index (χ4v) is 1.85. The van der Waals surface area contributed by atoms with Gasteiger partial charge in [0.1, 0.15) is 11.4 Å². The van der Waals surface area contributed by atoms with Crippen molar-refractivity contribution in [3.05, 3.63) is 53.4 Å². The van der Waals surface area contributed by atoms with Gasteiger partial charge in [0.05, 0.1) is 0 Å². The number of carbonyl (C=O) groups excluding carboxylic acids is 3. The van der Waals surface area contributed by atoms with Crippen molar-refractivity contribution in [3.8, 4) is 0 Å². The zero-order valence-electron chi connectivity index (χ0n) is 11.5. The number of hydrogen-bond donors (Lipinski definition) is 0. The molecule has 4 amide bonds. The number of likely N-dealkylation sites (N-methyl/N-ethyl adjacent to an activating group) is 2. The molecule has 0 spiro atoms. The number of urea groups is 1. The third-order valence-electron chi connectivity index (χ3n) is 3.09. The van der Waals surface area contributed by atoms with Gasteiger partial charge >= 0.3 is 6.03 Å². The van der Waals surface area contributed by atoms with Crippen LogP contribution < -0.4 is 0 Å². The molecule has 1 heterocycles. The van der Waals surface area contributed by atoms with Crippen LogP contribution in [0.2, 0.25) is 0 Å². The number of nitrogens with zero attached hydrogens (tertiary/aromatic N) is 2. The molecule has 108 valence electrons. The van der Waals surface area contributed by atoms with Crippen molar-refractivity contribution in [2.24, 2.45) is 0 Å². The van der Waals surface area contributed by atoms with E-state index in [0.717, 1.165) is 9.80 Å². The molecule has 1 fully saturated rings. The lowest BCUT2D eigenvalue weighted by atomic mass is 10.1. The van der Waals surface area contributed by atoms with Crippen molar-refractivity contribution in [2.45, 2.75) is 0 Å². The number of hydrogen-bond acceptors (Lipinski definition) is 3. The molecule has 1 saturated heterocycles. The first-order chi connectivity index (χ1) is 9.93. The van der Waals surface area contributed by atoms with E-state index in [1.807, 2.05) is 0 Å². The van der Waals surface area contributed by atoms with Gasteiger partial charge in [-0.2, -0.15) is 0 Å². The Morgan fingerprint density at radius 1 is 1.00 bits per heavy atom. The molecule has 1 aromatic carbocycles. The van der Waals surface area contributed by atoms with Crippen molar-refractivity contribution in [2.75, 3.05) is 14.1 Å². The summed E-state index contributed by atoms with van der Waals surface area (Å²) in [6, 6.07) is 5.43. The highest BCUT2D eigenvalue weighted by atomic mass is 19.1. The largest absolute Gasteiger partial charge is 0.333 e. The first kappa shape index (κ1) is 14.6. The maximum absolute atomic E-state index is 13.4. The SMILES string of the molecule is CN1C(=O)C(=CC=Cc2ccccc2F)C(=O)N(C)C1=O. The Hall–Kier alpha value is -2.76. The first-order valence-electron chi connectivity index (χ1n) is 6.16. The maximum atomic E-state index is 13.4. The van der Waals surface area contributed by atoms with E-state index in [9.17, 15) is 18.8 Å². The number of benzene rings is 1. The summed E-state index contributed by atoms with van der Waals surface area (Å²) in [6.07, 6.45) is 4.12. The van der Waals surface area contributed by atoms with Crippen molar-refractivity contribution in [1.29, 1.82) is 0 Å². The molecule has 2 rings (SSSR count). The second-order valence-electron chi connectivity index (χ2n) is 4.47. The zero-order valence-corrected chi connectivity index (χ0v) is 11.5. The molecule has 1 aliphatic heterocycles. The normalized spacial score (nSPS) is 16.1. The number of allylic oxidation sites excluding steroid dienone is 2. The molecule has 0 radical (unpaired) electrons. The molecular formula is C15H13FN2O3. The molecule has 0 saturated carbocycles. The molecule has 0 unspecified atom stereocenters. The predicted molar refractivity (Wildman–Crippen MR) is 74.5 cm³/mol. The summed E-state index contributed by atoms with van der Waals surface area (Å²) in [5.74, 6) is -1.76. The zero-order chi connectivity index (χ0) is 15.6. The van der Waals surface area contributed by atoms with E-state index in [1.165, 1.54) is 38.4 Å². The van der Waals surface area contributed by atoms with E-state index >= 15 is 0 Å². The minimum Gasteiger partial charge on any atom is -0.268 e. The van der Waals surface area contributed by atoms with E-state index in [1.54, 1.807) is 18.2 Å². The summed E-state index contributed by atoms with van der Waals surface area (Å²) in [5.41, 5.74) is 0.190. The summed E-state index contributed by atoms with van der Waals surface area (Å²) in [5, 5.41) is 0. The predicted octanol–water partition coefficient (Wildman–Crippen LogP) is 1.82. The maximum Gasteiger partial charge on any atom is 0.333 e. The number of rotatable bonds is 2. The quantitative estimate of drug-likeness (QED) is 0.616. The molecule has 0 aromatic heterocycles. The van der Waals surface area contributed by atoms with Crippen molar-refractivity contribution in [1.82, 2.24) is 9.80 Å². The summed E-state index contributed by atoms with van der Waals surface area (Å²) in [6.45, 7) is 0. The van der Waals surface area contributed by atoms with Crippen LogP contribution in [0.4, 0.5) is 9.18 Å². The number of barbiturate groups is 1. The number of carbonyl (C=O) groups is 3. The Kier molecular flexibility index (Phi) is 3.98. The summed E-state index contributed by atoms with van der Waals surface area (Å²) >= 11 is 0. The van der Waals surface area contributed by atoms with Crippen LogP contribution in [-0.4, -0.2) is 41.7 Å². The van der Waals surface area contributed by atoms with Gasteiger partial charge in [-0.05, 0) is 12.1 Å². The van der Waals surface area contributed by atoms with Crippen LogP contribution in [-0.2, 0) is 9.59 Å². The summed E-state index contributed by atoms with van der Waals surface area (Å²) in [7, 11) is 2.59. The molecule has 5 nitrogen and oxygen atoms in total. The van der Waals surface area contributed by atoms with E-state index < -0.39 is 23.7 Å². The second kappa shape index (κ2) is 5.70. The lowest BCUT2D eigenvalue weighted by Crippen LogP contribution is -2.52. The first-order valence-corrected chi connectivity index (χ1v) is 6.16. The second-order valence-corrected chi connectivity index (χ2v) is 4.47. The van der Waals surface area contributed by atoms with E-state index in [-0.39, 0.29) is 5.57 Å². The van der Waals surface area contributed by atoms with Gasteiger partial charge in [0.25, 0.3) is 11.8 Å². The third-order valence-corrected chi connectivity index (χ3v) is 3.09. The Morgan fingerprint density at radius 2 is 1.57 bits per heavy atom. The molecule has 6 heteroatoms. The van der Waals surface area contributed by atoms with Crippen LogP contribution in [0.3, 0.4) is 0 Å². The van der Waals surface area contributed by atoms with Gasteiger partial charge in [-0.3, -0.25) is 19.4 Å². The van der Waals surface area contributed by atoms with Gasteiger partial charge in [0.2, 0.25) is 0 Å². The van der Waals surface area contributed by atoms with Crippen LogP contribution in [0.25, 0.3) is 6.08 Å². The van der Waals surface area contributed by atoms with Gasteiger partial charge in [0, 0.05) is 19.7 Å². The molecule has 0 N–H and O–H groups in total. The average Bonchev–Trinajstić information content (AvgIpc) is 2.48. The standard InChI is InChI=1S/C15H13FN2O3/c1-17-13(19)11(14(20)18(2)15(17)21)8-5-7-10-6-3-4-9-12(10)16/h3-9H,1-2H3. The average molecular weight is 288 g/mol. The monoisotopic (exact) mass is 288 g/mol. The van der Waals surface area contributed by atoms with Crippen LogP contribution in [0.5, 0.6) is 0 Å². The lowest BCUT2D eigenvalue weighted by molar-refractivity contribution is -0.134. The van der Waals surface area contributed by atoms with Gasteiger partial charge < -0.3 is 0 Å². The highest BCUT2D eigenvalue weighted by Crippen LogP contribution is 2.15. The molecule has 1 aromatic rings. The fourth-order valence-electron chi connectivity index (χ4n) is 1.85. The third kappa shape index (κ3) is 2.74. The van der Waals surface area contributed by atoms with E-state index in [0.29, 0.717) is 5.56 Å². The molecule has 0 atom stereocenters. The van der Waals surface area contributed by atoms with Gasteiger partial charge in [-0.25, -0.2) is 9.18 Å². The lowest BCUT2D eigenvalue weighted by Gasteiger charge is -2.28. The minimum atomic E-state index is -0.680. The Bertz CT molecular complexity index is 653. The van der Waals surface area contributed by atoms with E-state index in [4.69, 9.17) is 0 Å². The smallest absolute Gasteiger partial charge is 0.268 e. The summed E-state index contributed by atoms with van der Waals surface area (Å²) < 4.78 is 13.4. The molecular weight excluding hydrogens is 275 g/mol. The summed E-state index contributed by atoms with van der Waals surface area (Å²) in [4.78, 5) is 37.0. The van der Waals surface area contributed by atoms with Crippen LogP contribution in [0, 0.1) is 5.82 Å². The van der Waals surface area contributed by atoms with Crippen LogP contribution in [0.15, 0.2) is 42.0 Å². The Morgan fingerprint density at radius 3 is 2.14 bits per heavy atom. The van der Waals surface area contributed by atoms with Crippen LogP contribution >= 0.6 is 0 Å². The van der Waals surface area contributed by atoms with Gasteiger partial charge in [0.15, 0.2) is 0 Å². The molecule has 1 aliphatic rings. The van der Waals surface area contributed by atoms with Crippen molar-refractivity contribution < 1.29 is 18.8 Å². The number of amides is 4. The van der Waals surface area contributed by atoms with E-state index in [2.05, 4.69) is 0 Å². The Labute approximate surface area is 121 Å². The number of halogens is 1. The topological polar surface area (TPSA) is 57.7 Å². The Balaban J connectivity index is 2.28.